The fraction of sp³-hybridized carbons (Fsp3) is 0.870. The third-order valence-electron chi connectivity index (χ3n) is 5.05. The van der Waals surface area contributed by atoms with E-state index < -0.39 is 0 Å². The Kier molecular flexibility index (Phi) is 17.0. The molecule has 0 amide bonds. The highest BCUT2D eigenvalue weighted by Gasteiger charge is 2.25. The molecule has 0 unspecified atom stereocenters. The molecule has 0 saturated carbocycles. The maximum atomic E-state index is 12.0. The Labute approximate surface area is 188 Å². The minimum atomic E-state index is -0.192. The van der Waals surface area contributed by atoms with Crippen LogP contribution in [0, 0.1) is 0 Å². The number of hydrogen-bond acceptors (Lipinski definition) is 7. The van der Waals surface area contributed by atoms with Gasteiger partial charge in [0.15, 0.2) is 0 Å². The maximum Gasteiger partial charge on any atom is 0.311 e. The summed E-state index contributed by atoms with van der Waals surface area (Å²) in [4.78, 5) is 37.7. The topological polar surface area (TPSA) is 82.1 Å². The molecule has 8 heteroatoms. The summed E-state index contributed by atoms with van der Waals surface area (Å²) in [5, 5.41) is 0. The van der Waals surface area contributed by atoms with Gasteiger partial charge in [0, 0.05) is 19.5 Å². The van der Waals surface area contributed by atoms with E-state index in [2.05, 4.69) is 11.9 Å². The largest absolute Gasteiger partial charge is 0.466 e. The molecule has 8 nitrogen and oxygen atoms in total. The van der Waals surface area contributed by atoms with Gasteiger partial charge in [0.25, 0.3) is 0 Å². The lowest BCUT2D eigenvalue weighted by Crippen LogP contribution is -2.48. The van der Waals surface area contributed by atoms with Gasteiger partial charge in [-0.15, -0.1) is 0 Å². The first kappa shape index (κ1) is 29.3. The Bertz CT molecular complexity index is 488. The molecule has 0 atom stereocenters. The number of esters is 3. The summed E-state index contributed by atoms with van der Waals surface area (Å²) in [6.07, 6.45) is 4.38. The lowest BCUT2D eigenvalue weighted by molar-refractivity contribution is -0.908. The Morgan fingerprint density at radius 1 is 0.677 bits per heavy atom. The molecule has 0 aromatic carbocycles. The molecule has 0 fully saturated rings. The lowest BCUT2D eigenvalue weighted by atomic mass is 10.2. The van der Waals surface area contributed by atoms with E-state index in [0.29, 0.717) is 63.2 Å². The van der Waals surface area contributed by atoms with Crippen molar-refractivity contribution in [1.82, 2.24) is 4.90 Å². The fourth-order valence-corrected chi connectivity index (χ4v) is 3.04. The molecule has 0 heterocycles. The number of rotatable bonds is 19. The molecule has 0 aliphatic carbocycles. The van der Waals surface area contributed by atoms with Gasteiger partial charge in [0.1, 0.15) is 0 Å². The van der Waals surface area contributed by atoms with Crippen molar-refractivity contribution in [2.75, 3.05) is 66.6 Å². The third-order valence-corrected chi connectivity index (χ3v) is 5.05. The summed E-state index contributed by atoms with van der Waals surface area (Å²) in [7, 11) is 4.06. The predicted octanol–water partition coefficient (Wildman–Crippen LogP) is 2.78. The Morgan fingerprint density at radius 3 is 1.52 bits per heavy atom. The number of nitrogens with zero attached hydrogens (tertiary/aromatic N) is 2. The molecule has 0 aromatic heterocycles. The molecule has 0 aliphatic rings. The minimum absolute atomic E-state index is 0.162. The van der Waals surface area contributed by atoms with E-state index in [4.69, 9.17) is 14.2 Å². The Morgan fingerprint density at radius 2 is 1.10 bits per heavy atom. The number of carbonyl (C=O) groups is 3. The van der Waals surface area contributed by atoms with Crippen LogP contribution in [0.4, 0.5) is 0 Å². The van der Waals surface area contributed by atoms with E-state index in [1.807, 2.05) is 27.8 Å². The van der Waals surface area contributed by atoms with Gasteiger partial charge in [-0.25, -0.2) is 0 Å². The molecule has 182 valence electrons. The van der Waals surface area contributed by atoms with Crippen molar-refractivity contribution in [1.29, 1.82) is 0 Å². The molecule has 31 heavy (non-hydrogen) atoms. The standard InChI is InChI=1S/C23H45N2O6/c1-6-18-29-21(26)10-14-24(4)13-9-15-25(5,16-11-22(27)30-19-7-2)17-12-23(28)31-20-8-3/h6-20H2,1-5H3/q+1. The highest BCUT2D eigenvalue weighted by Crippen LogP contribution is 2.10. The average Bonchev–Trinajstić information content (AvgIpc) is 2.75. The Hall–Kier alpha value is -1.67. The summed E-state index contributed by atoms with van der Waals surface area (Å²) in [5.74, 6) is -0.546. The summed E-state index contributed by atoms with van der Waals surface area (Å²) < 4.78 is 16.1. The molecule has 0 aliphatic heterocycles. The van der Waals surface area contributed by atoms with Crippen LogP contribution in [0.15, 0.2) is 0 Å². The van der Waals surface area contributed by atoms with Gasteiger partial charge in [-0.2, -0.15) is 0 Å². The summed E-state index contributed by atoms with van der Waals surface area (Å²) in [5.41, 5.74) is 0. The Balaban J connectivity index is 4.54. The highest BCUT2D eigenvalue weighted by atomic mass is 16.5. The second-order valence-corrected chi connectivity index (χ2v) is 8.36. The van der Waals surface area contributed by atoms with E-state index in [1.165, 1.54) is 0 Å². The molecule has 0 radical (unpaired) electrons. The van der Waals surface area contributed by atoms with Crippen LogP contribution in [0.2, 0.25) is 0 Å². The zero-order chi connectivity index (χ0) is 23.5. The minimum Gasteiger partial charge on any atom is -0.466 e. The molecule has 0 aromatic rings. The van der Waals surface area contributed by atoms with Crippen molar-refractivity contribution in [3.63, 3.8) is 0 Å². The van der Waals surface area contributed by atoms with Crippen LogP contribution < -0.4 is 0 Å². The van der Waals surface area contributed by atoms with E-state index in [9.17, 15) is 14.4 Å². The quantitative estimate of drug-likeness (QED) is 0.172. The molecule has 0 rings (SSSR count). The molecule has 0 saturated heterocycles. The van der Waals surface area contributed by atoms with Crippen molar-refractivity contribution in [2.45, 2.75) is 65.7 Å². The normalized spacial score (nSPS) is 11.4. The average molecular weight is 446 g/mol. The molecule has 0 spiro atoms. The van der Waals surface area contributed by atoms with Crippen molar-refractivity contribution in [3.8, 4) is 0 Å². The van der Waals surface area contributed by atoms with E-state index in [1.54, 1.807) is 0 Å². The van der Waals surface area contributed by atoms with Crippen LogP contribution in [-0.2, 0) is 28.6 Å². The van der Waals surface area contributed by atoms with Gasteiger partial charge >= 0.3 is 17.9 Å². The van der Waals surface area contributed by atoms with Gasteiger partial charge in [-0.05, 0) is 26.3 Å². The smallest absolute Gasteiger partial charge is 0.311 e. The van der Waals surface area contributed by atoms with Gasteiger partial charge in [-0.1, -0.05) is 20.8 Å². The molecule has 0 N–H and O–H groups in total. The summed E-state index contributed by atoms with van der Waals surface area (Å²) in [6.45, 7) is 10.8. The second kappa shape index (κ2) is 18.0. The van der Waals surface area contributed by atoms with Crippen molar-refractivity contribution >= 4 is 17.9 Å². The molecule has 0 bridgehead atoms. The number of hydrogen-bond donors (Lipinski definition) is 0. The lowest BCUT2D eigenvalue weighted by Gasteiger charge is -2.34. The summed E-state index contributed by atoms with van der Waals surface area (Å²) >= 11 is 0. The summed E-state index contributed by atoms with van der Waals surface area (Å²) in [6, 6.07) is 0. The second-order valence-electron chi connectivity index (χ2n) is 8.36. The first-order chi connectivity index (χ1) is 14.8. The van der Waals surface area contributed by atoms with Crippen LogP contribution in [-0.4, -0.2) is 93.9 Å². The third kappa shape index (κ3) is 16.7. The van der Waals surface area contributed by atoms with Crippen LogP contribution in [0.1, 0.15) is 65.7 Å². The van der Waals surface area contributed by atoms with Crippen LogP contribution in [0.3, 0.4) is 0 Å². The maximum absolute atomic E-state index is 12.0. The van der Waals surface area contributed by atoms with Gasteiger partial charge < -0.3 is 23.6 Å². The number of quaternary nitrogens is 1. The SMILES string of the molecule is CCCOC(=O)CCN(C)CCC[N+](C)(CCC(=O)OCCC)CCC(=O)OCCC. The molecular formula is C23H45N2O6+. The van der Waals surface area contributed by atoms with Crippen LogP contribution in [0.5, 0.6) is 0 Å². The van der Waals surface area contributed by atoms with Crippen LogP contribution in [0.25, 0.3) is 0 Å². The van der Waals surface area contributed by atoms with Crippen molar-refractivity contribution < 1.29 is 33.1 Å². The number of ether oxygens (including phenoxy) is 3. The van der Waals surface area contributed by atoms with Gasteiger partial charge in [-0.3, -0.25) is 14.4 Å². The van der Waals surface area contributed by atoms with Crippen molar-refractivity contribution in [2.24, 2.45) is 0 Å². The van der Waals surface area contributed by atoms with E-state index >= 15 is 0 Å². The fourth-order valence-electron chi connectivity index (χ4n) is 3.04. The van der Waals surface area contributed by atoms with E-state index in [-0.39, 0.29) is 17.9 Å². The molecular weight excluding hydrogens is 400 g/mol. The van der Waals surface area contributed by atoms with Gasteiger partial charge in [0.2, 0.25) is 0 Å². The van der Waals surface area contributed by atoms with Crippen LogP contribution >= 0.6 is 0 Å². The number of carbonyl (C=O) groups excluding carboxylic acids is 3. The van der Waals surface area contributed by atoms with Gasteiger partial charge in [0.05, 0.1) is 65.8 Å². The van der Waals surface area contributed by atoms with Crippen molar-refractivity contribution in [3.05, 3.63) is 0 Å². The first-order valence-electron chi connectivity index (χ1n) is 11.7. The van der Waals surface area contributed by atoms with E-state index in [0.717, 1.165) is 38.8 Å². The predicted molar refractivity (Wildman–Crippen MR) is 121 cm³/mol. The zero-order valence-corrected chi connectivity index (χ0v) is 20.5. The first-order valence-corrected chi connectivity index (χ1v) is 11.7. The highest BCUT2D eigenvalue weighted by molar-refractivity contribution is 5.70. The monoisotopic (exact) mass is 445 g/mol. The zero-order valence-electron chi connectivity index (χ0n) is 20.5.